The number of likely N-dealkylation sites (tertiary alicyclic amines) is 1. The van der Waals surface area contributed by atoms with Crippen molar-refractivity contribution in [1.29, 1.82) is 0 Å². The molecule has 102 valence electrons. The Morgan fingerprint density at radius 1 is 1.39 bits per heavy atom. The summed E-state index contributed by atoms with van der Waals surface area (Å²) < 4.78 is 1.97. The van der Waals surface area contributed by atoms with Gasteiger partial charge in [-0.1, -0.05) is 6.92 Å². The molecule has 1 aliphatic heterocycles. The number of nitrogens with zero attached hydrogens (tertiary/aromatic N) is 3. The van der Waals surface area contributed by atoms with Crippen molar-refractivity contribution < 1.29 is 0 Å². The Morgan fingerprint density at radius 3 is 2.72 bits per heavy atom. The quantitative estimate of drug-likeness (QED) is 0.831. The maximum atomic E-state index is 4.36. The molecular formula is C14H26N4. The Bertz CT molecular complexity index is 366. The van der Waals surface area contributed by atoms with Gasteiger partial charge in [0.1, 0.15) is 0 Å². The number of rotatable bonds is 6. The Morgan fingerprint density at radius 2 is 2.11 bits per heavy atom. The first-order chi connectivity index (χ1) is 8.65. The zero-order valence-electron chi connectivity index (χ0n) is 11.9. The average molecular weight is 250 g/mol. The van der Waals surface area contributed by atoms with Gasteiger partial charge in [-0.15, -0.1) is 0 Å². The van der Waals surface area contributed by atoms with Crippen LogP contribution in [0.5, 0.6) is 0 Å². The van der Waals surface area contributed by atoms with Crippen LogP contribution in [-0.4, -0.2) is 40.9 Å². The highest BCUT2D eigenvalue weighted by Gasteiger charge is 2.14. The molecule has 0 radical (unpaired) electrons. The van der Waals surface area contributed by atoms with Crippen LogP contribution in [0.25, 0.3) is 0 Å². The summed E-state index contributed by atoms with van der Waals surface area (Å²) in [4.78, 5) is 2.58. The molecule has 1 aromatic heterocycles. The van der Waals surface area contributed by atoms with Gasteiger partial charge in [0.25, 0.3) is 0 Å². The maximum Gasteiger partial charge on any atom is 0.0597 e. The lowest BCUT2D eigenvalue weighted by Gasteiger charge is -2.20. The highest BCUT2D eigenvalue weighted by Crippen LogP contribution is 2.10. The molecule has 0 bridgehead atoms. The van der Waals surface area contributed by atoms with E-state index in [2.05, 4.69) is 28.3 Å². The van der Waals surface area contributed by atoms with Crippen LogP contribution in [0.4, 0.5) is 0 Å². The second kappa shape index (κ2) is 6.34. The maximum absolute atomic E-state index is 4.36. The zero-order valence-corrected chi connectivity index (χ0v) is 11.9. The summed E-state index contributed by atoms with van der Waals surface area (Å²) in [6, 6.07) is 2.15. The van der Waals surface area contributed by atoms with Crippen LogP contribution in [0.15, 0.2) is 6.07 Å². The molecule has 1 N–H and O–H groups in total. The van der Waals surface area contributed by atoms with Gasteiger partial charge in [0.15, 0.2) is 0 Å². The van der Waals surface area contributed by atoms with Crippen molar-refractivity contribution in [2.24, 2.45) is 13.0 Å². The van der Waals surface area contributed by atoms with Crippen LogP contribution < -0.4 is 5.32 Å². The minimum Gasteiger partial charge on any atom is -0.311 e. The van der Waals surface area contributed by atoms with Crippen molar-refractivity contribution >= 4 is 0 Å². The first-order valence-corrected chi connectivity index (χ1v) is 7.07. The molecule has 1 saturated heterocycles. The van der Waals surface area contributed by atoms with Crippen LogP contribution >= 0.6 is 0 Å². The van der Waals surface area contributed by atoms with Crippen LogP contribution in [0.3, 0.4) is 0 Å². The fraction of sp³-hybridized carbons (Fsp3) is 0.786. The monoisotopic (exact) mass is 250 g/mol. The minimum absolute atomic E-state index is 0.720. The second-order valence-electron chi connectivity index (χ2n) is 5.64. The molecule has 0 saturated carbocycles. The van der Waals surface area contributed by atoms with Gasteiger partial charge < -0.3 is 10.2 Å². The number of aryl methyl sites for hydroxylation is 2. The third-order valence-corrected chi connectivity index (χ3v) is 3.67. The summed E-state index contributed by atoms with van der Waals surface area (Å²) in [5.74, 6) is 0.720. The number of hydrogen-bond acceptors (Lipinski definition) is 3. The lowest BCUT2D eigenvalue weighted by atomic mass is 10.1. The first-order valence-electron chi connectivity index (χ1n) is 7.07. The molecule has 18 heavy (non-hydrogen) atoms. The van der Waals surface area contributed by atoms with Crippen molar-refractivity contribution in [3.05, 3.63) is 17.5 Å². The SMILES string of the molecule is Cc1cc(CNCC(C)CN2CCCC2)n(C)n1. The number of nitrogens with one attached hydrogen (secondary N) is 1. The fourth-order valence-corrected chi connectivity index (χ4v) is 2.75. The lowest BCUT2D eigenvalue weighted by molar-refractivity contribution is 0.282. The Kier molecular flexibility index (Phi) is 4.78. The molecule has 4 heteroatoms. The van der Waals surface area contributed by atoms with Gasteiger partial charge in [0, 0.05) is 20.1 Å². The van der Waals surface area contributed by atoms with E-state index in [0.29, 0.717) is 0 Å². The van der Waals surface area contributed by atoms with Crippen LogP contribution in [0, 0.1) is 12.8 Å². The van der Waals surface area contributed by atoms with Gasteiger partial charge in [-0.05, 0) is 51.4 Å². The normalized spacial score (nSPS) is 18.4. The van der Waals surface area contributed by atoms with Crippen molar-refractivity contribution in [2.75, 3.05) is 26.2 Å². The molecular weight excluding hydrogens is 224 g/mol. The molecule has 1 unspecified atom stereocenters. The average Bonchev–Trinajstić information content (AvgIpc) is 2.89. The van der Waals surface area contributed by atoms with E-state index in [9.17, 15) is 0 Å². The van der Waals surface area contributed by atoms with E-state index in [1.54, 1.807) is 0 Å². The third kappa shape index (κ3) is 3.82. The molecule has 2 heterocycles. The zero-order chi connectivity index (χ0) is 13.0. The van der Waals surface area contributed by atoms with Crippen LogP contribution in [0.2, 0.25) is 0 Å². The molecule has 1 atom stereocenters. The summed E-state index contributed by atoms with van der Waals surface area (Å²) >= 11 is 0. The third-order valence-electron chi connectivity index (χ3n) is 3.67. The predicted octanol–water partition coefficient (Wildman–Crippen LogP) is 1.55. The molecule has 0 aromatic carbocycles. The van der Waals surface area contributed by atoms with Crippen molar-refractivity contribution in [3.8, 4) is 0 Å². The van der Waals surface area contributed by atoms with Crippen molar-refractivity contribution in [1.82, 2.24) is 20.0 Å². The van der Waals surface area contributed by atoms with Crippen molar-refractivity contribution in [2.45, 2.75) is 33.2 Å². The molecule has 4 nitrogen and oxygen atoms in total. The fourth-order valence-electron chi connectivity index (χ4n) is 2.75. The van der Waals surface area contributed by atoms with Gasteiger partial charge in [-0.2, -0.15) is 5.10 Å². The van der Waals surface area contributed by atoms with Crippen molar-refractivity contribution in [3.63, 3.8) is 0 Å². The molecule has 0 aliphatic carbocycles. The van der Waals surface area contributed by atoms with Crippen LogP contribution in [-0.2, 0) is 13.6 Å². The number of aromatic nitrogens is 2. The van der Waals surface area contributed by atoms with Gasteiger partial charge in [0.05, 0.1) is 11.4 Å². The molecule has 1 fully saturated rings. The largest absolute Gasteiger partial charge is 0.311 e. The molecule has 1 aliphatic rings. The van der Waals surface area contributed by atoms with Crippen LogP contribution in [0.1, 0.15) is 31.2 Å². The molecule has 0 spiro atoms. The predicted molar refractivity (Wildman–Crippen MR) is 74.5 cm³/mol. The molecule has 0 amide bonds. The lowest BCUT2D eigenvalue weighted by Crippen LogP contribution is -2.31. The summed E-state index contributed by atoms with van der Waals surface area (Å²) in [5, 5.41) is 7.90. The smallest absolute Gasteiger partial charge is 0.0597 e. The van der Waals surface area contributed by atoms with E-state index in [-0.39, 0.29) is 0 Å². The van der Waals surface area contributed by atoms with Gasteiger partial charge in [-0.3, -0.25) is 4.68 Å². The Labute approximate surface area is 110 Å². The topological polar surface area (TPSA) is 33.1 Å². The van der Waals surface area contributed by atoms with E-state index < -0.39 is 0 Å². The summed E-state index contributed by atoms with van der Waals surface area (Å²) in [6.45, 7) is 10.2. The number of hydrogen-bond donors (Lipinski definition) is 1. The van der Waals surface area contributed by atoms with Gasteiger partial charge in [-0.25, -0.2) is 0 Å². The summed E-state index contributed by atoms with van der Waals surface area (Å²) in [7, 11) is 2.01. The highest BCUT2D eigenvalue weighted by atomic mass is 15.3. The van der Waals surface area contributed by atoms with E-state index in [1.165, 1.54) is 38.2 Å². The van der Waals surface area contributed by atoms with Gasteiger partial charge >= 0.3 is 0 Å². The van der Waals surface area contributed by atoms with E-state index in [4.69, 9.17) is 0 Å². The molecule has 1 aromatic rings. The highest BCUT2D eigenvalue weighted by molar-refractivity contribution is 5.08. The van der Waals surface area contributed by atoms with Gasteiger partial charge in [0.2, 0.25) is 0 Å². The summed E-state index contributed by atoms with van der Waals surface area (Å²) in [5.41, 5.74) is 2.36. The van der Waals surface area contributed by atoms with E-state index in [1.807, 2.05) is 18.7 Å². The Balaban J connectivity index is 1.66. The van der Waals surface area contributed by atoms with E-state index in [0.717, 1.165) is 24.7 Å². The second-order valence-corrected chi connectivity index (χ2v) is 5.64. The van der Waals surface area contributed by atoms with E-state index >= 15 is 0 Å². The Hall–Kier alpha value is -0.870. The minimum atomic E-state index is 0.720. The molecule has 2 rings (SSSR count). The first kappa shape index (κ1) is 13.6. The summed E-state index contributed by atoms with van der Waals surface area (Å²) in [6.07, 6.45) is 2.77. The standard InChI is InChI=1S/C14H26N4/c1-12(11-18-6-4-5-7-18)9-15-10-14-8-13(2)16-17(14)3/h8,12,15H,4-7,9-11H2,1-3H3.